The minimum atomic E-state index is -0.323. The molecule has 3 aromatic heterocycles. The third-order valence-corrected chi connectivity index (χ3v) is 4.64. The highest BCUT2D eigenvalue weighted by Crippen LogP contribution is 2.32. The van der Waals surface area contributed by atoms with Crippen molar-refractivity contribution in [1.82, 2.24) is 50.2 Å². The van der Waals surface area contributed by atoms with E-state index in [-0.39, 0.29) is 23.2 Å². The first-order chi connectivity index (χ1) is 13.1. The molecule has 3 heterocycles. The normalized spacial score (nSPS) is 15.4. The van der Waals surface area contributed by atoms with Gasteiger partial charge in [-0.3, -0.25) is 9.59 Å². The van der Waals surface area contributed by atoms with E-state index in [2.05, 4.69) is 36.1 Å². The van der Waals surface area contributed by atoms with Crippen LogP contribution in [0.2, 0.25) is 0 Å². The van der Waals surface area contributed by atoms with E-state index in [1.807, 2.05) is 6.92 Å². The molecule has 0 N–H and O–H groups in total. The first-order valence-electron chi connectivity index (χ1n) is 8.51. The van der Waals surface area contributed by atoms with E-state index in [0.29, 0.717) is 28.4 Å². The maximum atomic E-state index is 12.9. The maximum Gasteiger partial charge on any atom is 0.277 e. The minimum Gasteiger partial charge on any atom is -0.267 e. The SMILES string of the molecule is CC(Cn1cnnn1)n1nnc2cc3c(=O)n(C4CC4)nnc3cc2c1=O. The highest BCUT2D eigenvalue weighted by atomic mass is 16.1. The Morgan fingerprint density at radius 2 is 1.74 bits per heavy atom. The number of rotatable bonds is 4. The van der Waals surface area contributed by atoms with Gasteiger partial charge in [-0.25, -0.2) is 14.0 Å². The van der Waals surface area contributed by atoms with Crippen LogP contribution in [0.5, 0.6) is 0 Å². The Balaban J connectivity index is 1.63. The van der Waals surface area contributed by atoms with Crippen LogP contribution in [0.3, 0.4) is 0 Å². The number of benzene rings is 1. The van der Waals surface area contributed by atoms with Crippen LogP contribution in [-0.4, -0.2) is 50.2 Å². The van der Waals surface area contributed by atoms with Crippen molar-refractivity contribution in [3.63, 3.8) is 0 Å². The van der Waals surface area contributed by atoms with Crippen molar-refractivity contribution in [2.24, 2.45) is 0 Å². The summed E-state index contributed by atoms with van der Waals surface area (Å²) in [6.07, 6.45) is 3.32. The molecule has 27 heavy (non-hydrogen) atoms. The molecule has 1 aliphatic carbocycles. The molecular formula is C15H14N10O2. The molecule has 0 amide bonds. The van der Waals surface area contributed by atoms with Gasteiger partial charge < -0.3 is 0 Å². The quantitative estimate of drug-likeness (QED) is 0.436. The van der Waals surface area contributed by atoms with Crippen LogP contribution in [0, 0.1) is 0 Å². The summed E-state index contributed by atoms with van der Waals surface area (Å²) in [5, 5.41) is 27.9. The highest BCUT2D eigenvalue weighted by molar-refractivity contribution is 5.93. The number of hydrogen-bond donors (Lipinski definition) is 0. The summed E-state index contributed by atoms with van der Waals surface area (Å²) >= 11 is 0. The standard InChI is InChI=1S/C15H14N10O2/c1-8(6-23-7-16-19-22-23)24-14(26)10-4-13-11(5-12(10)17-20-24)15(27)25(21-18-13)9-2-3-9/h4-5,7-9H,2-3,6H2,1H3. The average Bonchev–Trinajstić information content (AvgIpc) is 3.38. The van der Waals surface area contributed by atoms with Crippen molar-refractivity contribution in [2.75, 3.05) is 0 Å². The molecule has 5 rings (SSSR count). The summed E-state index contributed by atoms with van der Waals surface area (Å²) in [7, 11) is 0. The third kappa shape index (κ3) is 2.56. The molecule has 1 atom stereocenters. The van der Waals surface area contributed by atoms with Gasteiger partial charge in [0, 0.05) is 0 Å². The molecule has 4 aromatic rings. The van der Waals surface area contributed by atoms with Gasteiger partial charge in [0.1, 0.15) is 17.4 Å². The van der Waals surface area contributed by atoms with Crippen molar-refractivity contribution < 1.29 is 0 Å². The van der Waals surface area contributed by atoms with Crippen LogP contribution in [0.25, 0.3) is 21.8 Å². The lowest BCUT2D eigenvalue weighted by atomic mass is 10.2. The van der Waals surface area contributed by atoms with Crippen LogP contribution in [0.1, 0.15) is 31.8 Å². The summed E-state index contributed by atoms with van der Waals surface area (Å²) in [6.45, 7) is 2.19. The summed E-state index contributed by atoms with van der Waals surface area (Å²) < 4.78 is 4.18. The van der Waals surface area contributed by atoms with Crippen LogP contribution in [0.4, 0.5) is 0 Å². The Kier molecular flexibility index (Phi) is 3.32. The number of hydrogen-bond acceptors (Lipinski definition) is 9. The van der Waals surface area contributed by atoms with E-state index < -0.39 is 0 Å². The largest absolute Gasteiger partial charge is 0.277 e. The Morgan fingerprint density at radius 1 is 1.04 bits per heavy atom. The average molecular weight is 366 g/mol. The second-order valence-corrected chi connectivity index (χ2v) is 6.68. The Labute approximate surface area is 150 Å². The monoisotopic (exact) mass is 366 g/mol. The molecule has 0 aliphatic heterocycles. The fourth-order valence-electron chi connectivity index (χ4n) is 3.06. The van der Waals surface area contributed by atoms with Crippen molar-refractivity contribution in [3.05, 3.63) is 39.2 Å². The van der Waals surface area contributed by atoms with Gasteiger partial charge in [0.2, 0.25) is 0 Å². The van der Waals surface area contributed by atoms with Gasteiger partial charge in [-0.15, -0.1) is 15.3 Å². The van der Waals surface area contributed by atoms with Crippen molar-refractivity contribution in [2.45, 2.75) is 38.4 Å². The van der Waals surface area contributed by atoms with Gasteiger partial charge in [0.15, 0.2) is 0 Å². The van der Waals surface area contributed by atoms with Crippen molar-refractivity contribution in [1.29, 1.82) is 0 Å². The Bertz CT molecular complexity index is 1270. The molecular weight excluding hydrogens is 352 g/mol. The summed E-state index contributed by atoms with van der Waals surface area (Å²) in [6, 6.07) is 2.91. The van der Waals surface area contributed by atoms with E-state index in [9.17, 15) is 9.59 Å². The zero-order valence-electron chi connectivity index (χ0n) is 14.3. The molecule has 12 nitrogen and oxygen atoms in total. The summed E-state index contributed by atoms with van der Waals surface area (Å²) in [5.74, 6) is 0. The smallest absolute Gasteiger partial charge is 0.267 e. The molecule has 1 aromatic carbocycles. The fraction of sp³-hybridized carbons (Fsp3) is 0.400. The molecule has 0 radical (unpaired) electrons. The molecule has 0 saturated heterocycles. The van der Waals surface area contributed by atoms with Gasteiger partial charge in [-0.2, -0.15) is 0 Å². The number of tetrazole rings is 1. The zero-order valence-corrected chi connectivity index (χ0v) is 14.3. The number of nitrogens with zero attached hydrogens (tertiary/aromatic N) is 10. The van der Waals surface area contributed by atoms with Gasteiger partial charge in [0.05, 0.1) is 29.4 Å². The van der Waals surface area contributed by atoms with Gasteiger partial charge in [-0.1, -0.05) is 10.4 Å². The van der Waals surface area contributed by atoms with Crippen LogP contribution >= 0.6 is 0 Å². The van der Waals surface area contributed by atoms with Crippen LogP contribution in [0.15, 0.2) is 28.0 Å². The summed E-state index contributed by atoms with van der Waals surface area (Å²) in [5.41, 5.74) is 0.179. The zero-order chi connectivity index (χ0) is 18.5. The maximum absolute atomic E-state index is 12.9. The molecule has 136 valence electrons. The number of aromatic nitrogens is 10. The summed E-state index contributed by atoms with van der Waals surface area (Å²) in [4.78, 5) is 25.5. The molecule has 12 heteroatoms. The van der Waals surface area contributed by atoms with E-state index in [4.69, 9.17) is 0 Å². The lowest BCUT2D eigenvalue weighted by Gasteiger charge is -2.12. The lowest BCUT2D eigenvalue weighted by Crippen LogP contribution is -2.30. The van der Waals surface area contributed by atoms with E-state index in [0.717, 1.165) is 12.8 Å². The van der Waals surface area contributed by atoms with E-state index >= 15 is 0 Å². The Morgan fingerprint density at radius 3 is 2.41 bits per heavy atom. The fourth-order valence-corrected chi connectivity index (χ4v) is 3.06. The first kappa shape index (κ1) is 15.7. The first-order valence-corrected chi connectivity index (χ1v) is 8.51. The van der Waals surface area contributed by atoms with Crippen LogP contribution in [-0.2, 0) is 6.54 Å². The van der Waals surface area contributed by atoms with Crippen LogP contribution < -0.4 is 11.1 Å². The van der Waals surface area contributed by atoms with E-state index in [1.54, 1.807) is 12.1 Å². The Hall–Kier alpha value is -3.57. The highest BCUT2D eigenvalue weighted by Gasteiger charge is 2.27. The van der Waals surface area contributed by atoms with Crippen molar-refractivity contribution >= 4 is 21.8 Å². The predicted molar refractivity (Wildman–Crippen MR) is 92.0 cm³/mol. The van der Waals surface area contributed by atoms with Gasteiger partial charge >= 0.3 is 0 Å². The van der Waals surface area contributed by atoms with Gasteiger partial charge in [0.25, 0.3) is 11.1 Å². The second-order valence-electron chi connectivity index (χ2n) is 6.68. The minimum absolute atomic E-state index is 0.122. The van der Waals surface area contributed by atoms with Gasteiger partial charge in [-0.05, 0) is 42.3 Å². The van der Waals surface area contributed by atoms with Crippen molar-refractivity contribution in [3.8, 4) is 0 Å². The molecule has 1 unspecified atom stereocenters. The predicted octanol–water partition coefficient (Wildman–Crippen LogP) is -0.521. The molecule has 0 spiro atoms. The van der Waals surface area contributed by atoms with E-state index in [1.165, 1.54) is 20.4 Å². The topological polar surface area (TPSA) is 139 Å². The molecule has 1 fully saturated rings. The molecule has 1 saturated carbocycles. The lowest BCUT2D eigenvalue weighted by molar-refractivity contribution is 0.375. The molecule has 0 bridgehead atoms. The molecule has 1 aliphatic rings. The second kappa shape index (κ2) is 5.72. The third-order valence-electron chi connectivity index (χ3n) is 4.64. The number of fused-ring (bicyclic) bond motifs is 2.